The second kappa shape index (κ2) is 9.05. The predicted octanol–water partition coefficient (Wildman–Crippen LogP) is 4.67. The maximum atomic E-state index is 13.5. The van der Waals surface area contributed by atoms with Crippen molar-refractivity contribution < 1.29 is 18.3 Å². The molecule has 166 valence electrons. The summed E-state index contributed by atoms with van der Waals surface area (Å²) in [6.07, 6.45) is 2.10. The van der Waals surface area contributed by atoms with E-state index in [1.807, 2.05) is 7.05 Å². The number of nitrogens with one attached hydrogen (secondary N) is 2. The van der Waals surface area contributed by atoms with Gasteiger partial charge in [-0.25, -0.2) is 18.7 Å². The van der Waals surface area contributed by atoms with E-state index in [0.29, 0.717) is 28.2 Å². The predicted molar refractivity (Wildman–Crippen MR) is 120 cm³/mol. The number of nitrogens with zero attached hydrogens (tertiary/aromatic N) is 3. The molecule has 1 atom stereocenters. The Labute approximate surface area is 188 Å². The third kappa shape index (κ3) is 4.79. The van der Waals surface area contributed by atoms with Crippen molar-refractivity contribution >= 4 is 45.6 Å². The first-order valence-electron chi connectivity index (χ1n) is 9.82. The van der Waals surface area contributed by atoms with E-state index in [1.54, 1.807) is 12.1 Å². The minimum Gasteiger partial charge on any atom is -0.487 e. The smallest absolute Gasteiger partial charge is 0.283 e. The Morgan fingerprint density at radius 1 is 1.31 bits per heavy atom. The summed E-state index contributed by atoms with van der Waals surface area (Å²) in [4.78, 5) is 22.6. The Hall–Kier alpha value is -3.30. The fourth-order valence-corrected chi connectivity index (χ4v) is 3.63. The number of rotatable bonds is 6. The van der Waals surface area contributed by atoms with Crippen LogP contribution in [0.2, 0.25) is 5.02 Å². The minimum atomic E-state index is -1.12. The van der Waals surface area contributed by atoms with E-state index in [4.69, 9.17) is 16.3 Å². The number of benzene rings is 2. The number of aromatic nitrogens is 2. The second-order valence-corrected chi connectivity index (χ2v) is 7.90. The van der Waals surface area contributed by atoms with Crippen LogP contribution >= 0.6 is 11.6 Å². The Kier molecular flexibility index (Phi) is 6.20. The zero-order valence-corrected chi connectivity index (χ0v) is 17.9. The number of halogens is 3. The number of carbonyl (C=O) groups is 1. The highest BCUT2D eigenvalue weighted by Crippen LogP contribution is 2.35. The van der Waals surface area contributed by atoms with Crippen molar-refractivity contribution in [2.45, 2.75) is 12.5 Å². The molecular weight excluding hydrogens is 440 g/mol. The zero-order chi connectivity index (χ0) is 22.8. The standard InChI is InChI=1S/C22H20ClF2N5O2/c1-12(24)22(31)29-19-8-15-18(9-20(19)32-14-5-6-30(2)10-14)26-11-27-21(15)28-13-3-4-17(25)16(23)7-13/h3-4,7-9,11,14H,1,5-6,10H2,2H3,(H,29,31)(H,26,27,28)/t14-/m1/s1. The summed E-state index contributed by atoms with van der Waals surface area (Å²) in [5.74, 6) is -1.89. The van der Waals surface area contributed by atoms with Crippen LogP contribution in [-0.2, 0) is 4.79 Å². The maximum absolute atomic E-state index is 13.5. The van der Waals surface area contributed by atoms with Gasteiger partial charge in [0.2, 0.25) is 0 Å². The molecule has 2 aromatic carbocycles. The lowest BCUT2D eigenvalue weighted by atomic mass is 10.1. The monoisotopic (exact) mass is 459 g/mol. The molecule has 1 aliphatic heterocycles. The summed E-state index contributed by atoms with van der Waals surface area (Å²) in [7, 11) is 1.99. The van der Waals surface area contributed by atoms with Gasteiger partial charge in [0.05, 0.1) is 16.2 Å². The maximum Gasteiger partial charge on any atom is 0.283 e. The molecule has 1 aliphatic rings. The normalized spacial score (nSPS) is 16.2. The topological polar surface area (TPSA) is 79.4 Å². The van der Waals surface area contributed by atoms with E-state index in [2.05, 4.69) is 32.1 Å². The van der Waals surface area contributed by atoms with Gasteiger partial charge in [-0.3, -0.25) is 4.79 Å². The Bertz CT molecular complexity index is 1210. The summed E-state index contributed by atoms with van der Waals surface area (Å²) < 4.78 is 33.0. The molecule has 4 rings (SSSR count). The Balaban J connectivity index is 1.74. The van der Waals surface area contributed by atoms with Crippen LogP contribution in [0.1, 0.15) is 6.42 Å². The molecule has 2 heterocycles. The summed E-state index contributed by atoms with van der Waals surface area (Å²) >= 11 is 5.86. The van der Waals surface area contributed by atoms with Crippen LogP contribution in [0.5, 0.6) is 5.75 Å². The average molecular weight is 460 g/mol. The van der Waals surface area contributed by atoms with E-state index >= 15 is 0 Å². The summed E-state index contributed by atoms with van der Waals surface area (Å²) in [5.41, 5.74) is 1.30. The van der Waals surface area contributed by atoms with Crippen molar-refractivity contribution in [1.29, 1.82) is 0 Å². The summed E-state index contributed by atoms with van der Waals surface area (Å²) in [6.45, 7) is 4.65. The van der Waals surface area contributed by atoms with Crippen LogP contribution in [0.25, 0.3) is 10.9 Å². The highest BCUT2D eigenvalue weighted by molar-refractivity contribution is 6.31. The molecule has 3 aromatic rings. The number of carbonyl (C=O) groups excluding carboxylic acids is 1. The lowest BCUT2D eigenvalue weighted by Gasteiger charge is -2.18. The van der Waals surface area contributed by atoms with E-state index in [9.17, 15) is 13.6 Å². The van der Waals surface area contributed by atoms with Gasteiger partial charge in [-0.2, -0.15) is 0 Å². The Morgan fingerprint density at radius 3 is 2.81 bits per heavy atom. The molecule has 0 spiro atoms. The first-order valence-corrected chi connectivity index (χ1v) is 10.2. The second-order valence-electron chi connectivity index (χ2n) is 7.49. The van der Waals surface area contributed by atoms with Gasteiger partial charge in [-0.1, -0.05) is 18.2 Å². The highest BCUT2D eigenvalue weighted by Gasteiger charge is 2.23. The molecule has 0 saturated carbocycles. The number of anilines is 3. The molecule has 0 aliphatic carbocycles. The minimum absolute atomic E-state index is 0.0417. The molecule has 10 heteroatoms. The van der Waals surface area contributed by atoms with Gasteiger partial charge >= 0.3 is 0 Å². The van der Waals surface area contributed by atoms with E-state index in [-0.39, 0.29) is 16.8 Å². The van der Waals surface area contributed by atoms with Crippen molar-refractivity contribution in [3.8, 4) is 5.75 Å². The van der Waals surface area contributed by atoms with Gasteiger partial charge in [0.1, 0.15) is 29.8 Å². The first-order chi connectivity index (χ1) is 15.3. The summed E-state index contributed by atoms with van der Waals surface area (Å²) in [5, 5.41) is 6.04. The molecule has 1 amide bonds. The largest absolute Gasteiger partial charge is 0.487 e. The number of amides is 1. The molecule has 0 bridgehead atoms. The van der Waals surface area contributed by atoms with Crippen molar-refractivity contribution in [2.75, 3.05) is 30.8 Å². The number of fused-ring (bicyclic) bond motifs is 1. The quantitative estimate of drug-likeness (QED) is 0.521. The summed E-state index contributed by atoms with van der Waals surface area (Å²) in [6, 6.07) is 7.43. The van der Waals surface area contributed by atoms with E-state index in [1.165, 1.54) is 24.5 Å². The van der Waals surface area contributed by atoms with Crippen LogP contribution in [0.4, 0.5) is 26.0 Å². The highest BCUT2D eigenvalue weighted by atomic mass is 35.5. The van der Waals surface area contributed by atoms with Crippen molar-refractivity contribution in [2.24, 2.45) is 0 Å². The van der Waals surface area contributed by atoms with Gasteiger partial charge in [0.25, 0.3) is 5.91 Å². The SMILES string of the molecule is C=C(F)C(=O)Nc1cc2c(Nc3ccc(F)c(Cl)c3)ncnc2cc1O[C@@H]1CCN(C)C1. The molecule has 2 N–H and O–H groups in total. The lowest BCUT2D eigenvalue weighted by molar-refractivity contribution is -0.114. The zero-order valence-electron chi connectivity index (χ0n) is 17.2. The van der Waals surface area contributed by atoms with E-state index < -0.39 is 17.6 Å². The molecular formula is C22H20ClF2N5O2. The van der Waals surface area contributed by atoms with Crippen molar-refractivity contribution in [1.82, 2.24) is 14.9 Å². The van der Waals surface area contributed by atoms with Gasteiger partial charge in [-0.05, 0) is 37.7 Å². The fraction of sp³-hybridized carbons (Fsp3) is 0.227. The molecule has 1 aromatic heterocycles. The van der Waals surface area contributed by atoms with Gasteiger partial charge < -0.3 is 20.3 Å². The fourth-order valence-electron chi connectivity index (χ4n) is 3.45. The number of hydrogen-bond donors (Lipinski definition) is 2. The number of hydrogen-bond acceptors (Lipinski definition) is 6. The van der Waals surface area contributed by atoms with E-state index in [0.717, 1.165) is 19.5 Å². The number of likely N-dealkylation sites (tertiary alicyclic amines) is 1. The molecule has 1 saturated heterocycles. The van der Waals surface area contributed by atoms with Gasteiger partial charge in [0, 0.05) is 30.2 Å². The van der Waals surface area contributed by atoms with Crippen molar-refractivity contribution in [3.05, 3.63) is 59.9 Å². The Morgan fingerprint density at radius 2 is 2.12 bits per heavy atom. The average Bonchev–Trinajstić information content (AvgIpc) is 3.16. The number of likely N-dealkylation sites (N-methyl/N-ethyl adjacent to an activating group) is 1. The van der Waals surface area contributed by atoms with Crippen LogP contribution in [0.15, 0.2) is 49.1 Å². The molecule has 1 fully saturated rings. The first kappa shape index (κ1) is 21.9. The molecule has 0 radical (unpaired) electrons. The van der Waals surface area contributed by atoms with Crippen LogP contribution < -0.4 is 15.4 Å². The number of ether oxygens (including phenoxy) is 1. The van der Waals surface area contributed by atoms with Gasteiger partial charge in [-0.15, -0.1) is 0 Å². The van der Waals surface area contributed by atoms with Crippen LogP contribution in [-0.4, -0.2) is 47.0 Å². The third-order valence-corrected chi connectivity index (χ3v) is 5.34. The van der Waals surface area contributed by atoms with Crippen molar-refractivity contribution in [3.63, 3.8) is 0 Å². The molecule has 0 unspecified atom stereocenters. The van der Waals surface area contributed by atoms with Crippen LogP contribution in [0, 0.1) is 5.82 Å². The molecule has 7 nitrogen and oxygen atoms in total. The van der Waals surface area contributed by atoms with Crippen LogP contribution in [0.3, 0.4) is 0 Å². The molecule has 32 heavy (non-hydrogen) atoms. The lowest BCUT2D eigenvalue weighted by Crippen LogP contribution is -2.22. The third-order valence-electron chi connectivity index (χ3n) is 5.06. The van der Waals surface area contributed by atoms with Gasteiger partial charge in [0.15, 0.2) is 5.83 Å².